The van der Waals surface area contributed by atoms with Gasteiger partial charge in [0.2, 0.25) is 5.91 Å². The second-order valence-electron chi connectivity index (χ2n) is 6.20. The first kappa shape index (κ1) is 16.1. The van der Waals surface area contributed by atoms with Crippen molar-refractivity contribution in [3.63, 3.8) is 0 Å². The van der Waals surface area contributed by atoms with Gasteiger partial charge >= 0.3 is 0 Å². The molecule has 0 spiro atoms. The fourth-order valence-corrected chi connectivity index (χ4v) is 2.72. The molecule has 1 amide bonds. The monoisotopic (exact) mass is 326 g/mol. The number of aromatic amines is 1. The first-order valence-electron chi connectivity index (χ1n) is 7.64. The van der Waals surface area contributed by atoms with Crippen molar-refractivity contribution < 1.29 is 13.9 Å². The van der Waals surface area contributed by atoms with Gasteiger partial charge in [0, 0.05) is 28.9 Å². The molecule has 2 N–H and O–H groups in total. The van der Waals surface area contributed by atoms with Gasteiger partial charge in [-0.25, -0.2) is 4.39 Å². The lowest BCUT2D eigenvalue weighted by atomic mass is 9.83. The van der Waals surface area contributed by atoms with Gasteiger partial charge in [-0.05, 0) is 49.7 Å². The van der Waals surface area contributed by atoms with E-state index < -0.39 is 5.41 Å². The van der Waals surface area contributed by atoms with Crippen molar-refractivity contribution >= 4 is 22.5 Å². The predicted octanol–water partition coefficient (Wildman–Crippen LogP) is 4.23. The maximum Gasteiger partial charge on any atom is 0.234 e. The van der Waals surface area contributed by atoms with E-state index in [0.29, 0.717) is 16.8 Å². The summed E-state index contributed by atoms with van der Waals surface area (Å²) in [5, 5.41) is 3.61. The normalized spacial score (nSPS) is 11.5. The lowest BCUT2D eigenvalue weighted by Gasteiger charge is -2.23. The van der Waals surface area contributed by atoms with Crippen LogP contribution in [0.4, 0.5) is 10.1 Å². The van der Waals surface area contributed by atoms with Gasteiger partial charge in [-0.15, -0.1) is 0 Å². The summed E-state index contributed by atoms with van der Waals surface area (Å²) in [6.07, 6.45) is 1.76. The Morgan fingerprint density at radius 1 is 1.21 bits per heavy atom. The summed E-state index contributed by atoms with van der Waals surface area (Å²) in [7, 11) is 1.57. The molecule has 0 bridgehead atoms. The number of hydrogen-bond acceptors (Lipinski definition) is 2. The molecular weight excluding hydrogens is 307 g/mol. The highest BCUT2D eigenvalue weighted by Crippen LogP contribution is 2.32. The van der Waals surface area contributed by atoms with Crippen molar-refractivity contribution in [1.29, 1.82) is 0 Å². The summed E-state index contributed by atoms with van der Waals surface area (Å²) in [6.45, 7) is 3.63. The molecule has 4 nitrogen and oxygen atoms in total. The number of anilines is 1. The van der Waals surface area contributed by atoms with Gasteiger partial charge in [-0.3, -0.25) is 4.79 Å². The van der Waals surface area contributed by atoms with Crippen LogP contribution in [0.15, 0.2) is 48.7 Å². The smallest absolute Gasteiger partial charge is 0.234 e. The molecule has 0 saturated heterocycles. The average Bonchev–Trinajstić information content (AvgIpc) is 2.98. The topological polar surface area (TPSA) is 54.1 Å². The van der Waals surface area contributed by atoms with Crippen LogP contribution in [0.1, 0.15) is 19.4 Å². The van der Waals surface area contributed by atoms with Crippen LogP contribution in [0.3, 0.4) is 0 Å². The molecule has 0 atom stereocenters. The molecule has 0 aliphatic rings. The fraction of sp³-hybridized carbons (Fsp3) is 0.211. The predicted molar refractivity (Wildman–Crippen MR) is 92.9 cm³/mol. The van der Waals surface area contributed by atoms with E-state index in [4.69, 9.17) is 4.74 Å². The Morgan fingerprint density at radius 2 is 2.00 bits per heavy atom. The Balaban J connectivity index is 1.93. The maximum absolute atomic E-state index is 13.6. The van der Waals surface area contributed by atoms with Gasteiger partial charge in [-0.2, -0.15) is 0 Å². The Morgan fingerprint density at radius 3 is 2.75 bits per heavy atom. The minimum atomic E-state index is -0.838. The van der Waals surface area contributed by atoms with Crippen molar-refractivity contribution in [1.82, 2.24) is 4.98 Å². The SMILES string of the molecule is COc1cccc(NC(=O)C(C)(C)c2c[nH]c3ccc(F)cc23)c1. The quantitative estimate of drug-likeness (QED) is 0.754. The van der Waals surface area contributed by atoms with E-state index in [0.717, 1.165) is 11.1 Å². The summed E-state index contributed by atoms with van der Waals surface area (Å²) in [5.74, 6) is 0.160. The molecule has 3 aromatic rings. The van der Waals surface area contributed by atoms with Crippen molar-refractivity contribution in [3.05, 3.63) is 60.0 Å². The zero-order valence-electron chi connectivity index (χ0n) is 13.8. The van der Waals surface area contributed by atoms with Crippen molar-refractivity contribution in [3.8, 4) is 5.75 Å². The molecule has 1 heterocycles. The summed E-state index contributed by atoms with van der Waals surface area (Å²) in [5.41, 5.74) is 1.36. The molecule has 5 heteroatoms. The van der Waals surface area contributed by atoms with E-state index in [1.54, 1.807) is 31.5 Å². The number of hydrogen-bond donors (Lipinski definition) is 2. The third kappa shape index (κ3) is 2.85. The van der Waals surface area contributed by atoms with Gasteiger partial charge in [0.1, 0.15) is 11.6 Å². The Kier molecular flexibility index (Phi) is 4.01. The molecule has 124 valence electrons. The lowest BCUT2D eigenvalue weighted by Crippen LogP contribution is -2.34. The standard InChI is InChI=1S/C19H19FN2O2/c1-19(2,16-11-21-17-8-7-12(20)9-15(16)17)18(23)22-13-5-4-6-14(10-13)24-3/h4-11,21H,1-3H3,(H,22,23). The molecule has 1 aromatic heterocycles. The Bertz CT molecular complexity index is 899. The summed E-state index contributed by atoms with van der Waals surface area (Å²) >= 11 is 0. The first-order chi connectivity index (χ1) is 11.4. The van der Waals surface area contributed by atoms with Gasteiger partial charge < -0.3 is 15.0 Å². The fourth-order valence-electron chi connectivity index (χ4n) is 2.72. The third-order valence-electron chi connectivity index (χ3n) is 4.21. The number of carbonyl (C=O) groups excluding carboxylic acids is 1. The summed E-state index contributed by atoms with van der Waals surface area (Å²) in [4.78, 5) is 15.9. The van der Waals surface area contributed by atoms with Crippen molar-refractivity contribution in [2.24, 2.45) is 0 Å². The van der Waals surface area contributed by atoms with Gasteiger partial charge in [-0.1, -0.05) is 6.07 Å². The average molecular weight is 326 g/mol. The number of methoxy groups -OCH3 is 1. The number of rotatable bonds is 4. The van der Waals surface area contributed by atoms with E-state index >= 15 is 0 Å². The molecule has 0 radical (unpaired) electrons. The van der Waals surface area contributed by atoms with Gasteiger partial charge in [0.05, 0.1) is 12.5 Å². The Hall–Kier alpha value is -2.82. The number of aromatic nitrogens is 1. The third-order valence-corrected chi connectivity index (χ3v) is 4.21. The first-order valence-corrected chi connectivity index (χ1v) is 7.64. The lowest BCUT2D eigenvalue weighted by molar-refractivity contribution is -0.120. The number of carbonyl (C=O) groups is 1. The van der Waals surface area contributed by atoms with Crippen LogP contribution < -0.4 is 10.1 Å². The molecule has 0 aliphatic carbocycles. The number of benzene rings is 2. The molecule has 0 unspecified atom stereocenters. The second kappa shape index (κ2) is 6.00. The number of halogens is 1. The van der Waals surface area contributed by atoms with E-state index in [1.165, 1.54) is 12.1 Å². The van der Waals surface area contributed by atoms with Gasteiger partial charge in [0.25, 0.3) is 0 Å². The molecule has 0 saturated carbocycles. The van der Waals surface area contributed by atoms with Crippen LogP contribution in [0.5, 0.6) is 5.75 Å². The summed E-state index contributed by atoms with van der Waals surface area (Å²) in [6, 6.07) is 11.7. The van der Waals surface area contributed by atoms with E-state index in [9.17, 15) is 9.18 Å². The van der Waals surface area contributed by atoms with Crippen LogP contribution in [0.2, 0.25) is 0 Å². The molecular formula is C19H19FN2O2. The number of fused-ring (bicyclic) bond motifs is 1. The second-order valence-corrected chi connectivity index (χ2v) is 6.20. The van der Waals surface area contributed by atoms with E-state index in [2.05, 4.69) is 10.3 Å². The number of amides is 1. The molecule has 2 aromatic carbocycles. The highest BCUT2D eigenvalue weighted by molar-refractivity contribution is 6.01. The summed E-state index contributed by atoms with van der Waals surface area (Å²) < 4.78 is 18.8. The van der Waals surface area contributed by atoms with Crippen LogP contribution in [0, 0.1) is 5.82 Å². The van der Waals surface area contributed by atoms with E-state index in [-0.39, 0.29) is 11.7 Å². The number of ether oxygens (including phenoxy) is 1. The highest BCUT2D eigenvalue weighted by Gasteiger charge is 2.32. The van der Waals surface area contributed by atoms with Crippen molar-refractivity contribution in [2.45, 2.75) is 19.3 Å². The largest absolute Gasteiger partial charge is 0.497 e. The minimum Gasteiger partial charge on any atom is -0.497 e. The zero-order chi connectivity index (χ0) is 17.3. The van der Waals surface area contributed by atoms with Crippen LogP contribution in [-0.4, -0.2) is 18.0 Å². The maximum atomic E-state index is 13.6. The number of nitrogens with one attached hydrogen (secondary N) is 2. The minimum absolute atomic E-state index is 0.180. The molecule has 0 aliphatic heterocycles. The number of H-pyrrole nitrogens is 1. The van der Waals surface area contributed by atoms with E-state index in [1.807, 2.05) is 26.0 Å². The molecule has 24 heavy (non-hydrogen) atoms. The highest BCUT2D eigenvalue weighted by atomic mass is 19.1. The van der Waals surface area contributed by atoms with Crippen LogP contribution in [-0.2, 0) is 10.2 Å². The van der Waals surface area contributed by atoms with Crippen molar-refractivity contribution in [2.75, 3.05) is 12.4 Å². The molecule has 3 rings (SSSR count). The molecule has 0 fully saturated rings. The van der Waals surface area contributed by atoms with Gasteiger partial charge in [0.15, 0.2) is 0 Å². The van der Waals surface area contributed by atoms with Crippen LogP contribution in [0.25, 0.3) is 10.9 Å². The Labute approximate surface area is 139 Å². The zero-order valence-corrected chi connectivity index (χ0v) is 13.8. The van der Waals surface area contributed by atoms with Crippen LogP contribution >= 0.6 is 0 Å².